The smallest absolute Gasteiger partial charge is 0.261 e. The molecule has 0 fully saturated rings. The number of fused-ring (bicyclic) bond motifs is 1. The number of halogens is 1. The highest BCUT2D eigenvalue weighted by Gasteiger charge is 2.16. The maximum absolute atomic E-state index is 12.8. The summed E-state index contributed by atoms with van der Waals surface area (Å²) in [5.74, 6) is 0.883. The molecule has 134 valence electrons. The summed E-state index contributed by atoms with van der Waals surface area (Å²) in [7, 11) is 0. The Kier molecular flexibility index (Phi) is 4.79. The van der Waals surface area contributed by atoms with E-state index in [1.54, 1.807) is 18.2 Å². The van der Waals surface area contributed by atoms with Crippen molar-refractivity contribution >= 4 is 44.2 Å². The van der Waals surface area contributed by atoms with Crippen molar-refractivity contribution < 1.29 is 9.53 Å². The van der Waals surface area contributed by atoms with E-state index in [9.17, 15) is 4.79 Å². The maximum Gasteiger partial charge on any atom is 0.261 e. The van der Waals surface area contributed by atoms with Crippen LogP contribution in [-0.4, -0.2) is 10.9 Å². The first-order chi connectivity index (χ1) is 13.1. The normalized spacial score (nSPS) is 10.7. The Morgan fingerprint density at radius 2 is 1.78 bits per heavy atom. The van der Waals surface area contributed by atoms with Crippen molar-refractivity contribution in [2.24, 2.45) is 0 Å². The second-order valence-electron chi connectivity index (χ2n) is 5.90. The molecule has 27 heavy (non-hydrogen) atoms. The van der Waals surface area contributed by atoms with Crippen LogP contribution >= 0.6 is 22.9 Å². The van der Waals surface area contributed by atoms with Crippen molar-refractivity contribution in [1.82, 2.24) is 4.98 Å². The van der Waals surface area contributed by atoms with Crippen LogP contribution in [0.25, 0.3) is 10.2 Å². The molecule has 1 heterocycles. The van der Waals surface area contributed by atoms with Gasteiger partial charge in [0.2, 0.25) is 0 Å². The number of anilines is 1. The van der Waals surface area contributed by atoms with Gasteiger partial charge in [-0.05, 0) is 48.9 Å². The molecule has 0 saturated heterocycles. The summed E-state index contributed by atoms with van der Waals surface area (Å²) in [4.78, 5) is 17.3. The molecule has 1 aromatic heterocycles. The molecule has 0 atom stereocenters. The Morgan fingerprint density at radius 1 is 1.04 bits per heavy atom. The Hall–Kier alpha value is -2.89. The first-order valence-corrected chi connectivity index (χ1v) is 9.50. The van der Waals surface area contributed by atoms with Gasteiger partial charge in [-0.25, -0.2) is 4.98 Å². The monoisotopic (exact) mass is 394 g/mol. The van der Waals surface area contributed by atoms with E-state index in [0.29, 0.717) is 27.2 Å². The largest absolute Gasteiger partial charge is 0.457 e. The molecule has 0 aliphatic carbocycles. The molecule has 0 unspecified atom stereocenters. The number of carbonyl (C=O) groups is 1. The molecule has 0 bridgehead atoms. The third-order valence-electron chi connectivity index (χ3n) is 4.07. The topological polar surface area (TPSA) is 51.2 Å². The zero-order valence-electron chi connectivity index (χ0n) is 14.4. The lowest BCUT2D eigenvalue weighted by Crippen LogP contribution is -2.12. The second-order valence-corrected chi connectivity index (χ2v) is 7.34. The first-order valence-electron chi connectivity index (χ1n) is 8.31. The van der Waals surface area contributed by atoms with E-state index in [4.69, 9.17) is 16.3 Å². The summed E-state index contributed by atoms with van der Waals surface area (Å²) in [6.07, 6.45) is 0. The van der Waals surface area contributed by atoms with Gasteiger partial charge in [0, 0.05) is 5.02 Å². The summed E-state index contributed by atoms with van der Waals surface area (Å²) in [6, 6.07) is 20.2. The zero-order valence-corrected chi connectivity index (χ0v) is 16.0. The number of para-hydroxylation sites is 2. The predicted molar refractivity (Wildman–Crippen MR) is 110 cm³/mol. The Balaban J connectivity index is 1.61. The van der Waals surface area contributed by atoms with Gasteiger partial charge in [-0.3, -0.25) is 10.1 Å². The molecule has 4 aromatic rings. The molecule has 1 amide bonds. The quantitative estimate of drug-likeness (QED) is 0.441. The van der Waals surface area contributed by atoms with Gasteiger partial charge in [0.1, 0.15) is 11.5 Å². The maximum atomic E-state index is 12.8. The van der Waals surface area contributed by atoms with Gasteiger partial charge in [0.15, 0.2) is 5.13 Å². The van der Waals surface area contributed by atoms with Crippen LogP contribution in [0.15, 0.2) is 66.7 Å². The molecule has 0 aliphatic heterocycles. The number of aryl methyl sites for hydroxylation is 1. The number of nitrogens with one attached hydrogen (secondary N) is 1. The molecule has 0 radical (unpaired) electrons. The van der Waals surface area contributed by atoms with E-state index >= 15 is 0 Å². The standard InChI is InChI=1S/C21H15ClN2O2S/c1-13-16(22)11-12-18-19(13)23-21(27-18)24-20(25)15-9-5-6-10-17(15)26-14-7-3-2-4-8-14/h2-12H,1H3,(H,23,24,25). The van der Waals surface area contributed by atoms with Crippen molar-refractivity contribution in [1.29, 1.82) is 0 Å². The van der Waals surface area contributed by atoms with Crippen molar-refractivity contribution in [2.45, 2.75) is 6.92 Å². The first kappa shape index (κ1) is 17.5. The summed E-state index contributed by atoms with van der Waals surface area (Å²) < 4.78 is 6.84. The Morgan fingerprint density at radius 3 is 2.59 bits per heavy atom. The average Bonchev–Trinajstić information content (AvgIpc) is 3.09. The average molecular weight is 395 g/mol. The number of ether oxygens (including phenoxy) is 1. The number of hydrogen-bond acceptors (Lipinski definition) is 4. The lowest BCUT2D eigenvalue weighted by atomic mass is 10.2. The predicted octanol–water partition coefficient (Wildman–Crippen LogP) is 6.30. The van der Waals surface area contributed by atoms with E-state index in [-0.39, 0.29) is 5.91 Å². The van der Waals surface area contributed by atoms with E-state index in [1.807, 2.05) is 55.5 Å². The highest BCUT2D eigenvalue weighted by Crippen LogP contribution is 2.32. The Bertz CT molecular complexity index is 1130. The molecule has 4 rings (SSSR count). The van der Waals surface area contributed by atoms with Crippen molar-refractivity contribution in [2.75, 3.05) is 5.32 Å². The Labute approximate surface area is 165 Å². The highest BCUT2D eigenvalue weighted by molar-refractivity contribution is 7.22. The van der Waals surface area contributed by atoms with Crippen LogP contribution in [0.3, 0.4) is 0 Å². The molecule has 4 nitrogen and oxygen atoms in total. The lowest BCUT2D eigenvalue weighted by molar-refractivity contribution is 0.102. The van der Waals surface area contributed by atoms with Gasteiger partial charge in [0.25, 0.3) is 5.91 Å². The van der Waals surface area contributed by atoms with Gasteiger partial charge in [-0.2, -0.15) is 0 Å². The number of thiazole rings is 1. The molecule has 0 spiro atoms. The van der Waals surface area contributed by atoms with E-state index < -0.39 is 0 Å². The van der Waals surface area contributed by atoms with Crippen LogP contribution < -0.4 is 10.1 Å². The van der Waals surface area contributed by atoms with E-state index in [0.717, 1.165) is 15.8 Å². The third-order valence-corrected chi connectivity index (χ3v) is 5.42. The van der Waals surface area contributed by atoms with Crippen LogP contribution in [0, 0.1) is 6.92 Å². The number of benzene rings is 3. The molecule has 3 aromatic carbocycles. The molecule has 6 heteroatoms. The van der Waals surface area contributed by atoms with Crippen molar-refractivity contribution in [3.05, 3.63) is 82.9 Å². The van der Waals surface area contributed by atoms with Crippen molar-refractivity contribution in [3.63, 3.8) is 0 Å². The molecular formula is C21H15ClN2O2S. The fourth-order valence-corrected chi connectivity index (χ4v) is 3.75. The van der Waals surface area contributed by atoms with Gasteiger partial charge in [0.05, 0.1) is 15.8 Å². The molecule has 0 aliphatic rings. The van der Waals surface area contributed by atoms with E-state index in [2.05, 4.69) is 10.3 Å². The lowest BCUT2D eigenvalue weighted by Gasteiger charge is -2.10. The minimum atomic E-state index is -0.274. The second kappa shape index (κ2) is 7.39. The van der Waals surface area contributed by atoms with Crippen molar-refractivity contribution in [3.8, 4) is 11.5 Å². The summed E-state index contributed by atoms with van der Waals surface area (Å²) in [5.41, 5.74) is 2.14. The molecule has 1 N–H and O–H groups in total. The zero-order chi connectivity index (χ0) is 18.8. The van der Waals surface area contributed by atoms with Crippen LogP contribution in [0.5, 0.6) is 11.5 Å². The molecule has 0 saturated carbocycles. The van der Waals surface area contributed by atoms with Crippen LogP contribution in [0.4, 0.5) is 5.13 Å². The number of aromatic nitrogens is 1. The fraction of sp³-hybridized carbons (Fsp3) is 0.0476. The van der Waals surface area contributed by atoms with Gasteiger partial charge in [-0.15, -0.1) is 0 Å². The SMILES string of the molecule is Cc1c(Cl)ccc2sc(NC(=O)c3ccccc3Oc3ccccc3)nc12. The minimum Gasteiger partial charge on any atom is -0.457 e. The number of carbonyl (C=O) groups excluding carboxylic acids is 1. The highest BCUT2D eigenvalue weighted by atomic mass is 35.5. The van der Waals surface area contributed by atoms with Crippen LogP contribution in [0.1, 0.15) is 15.9 Å². The fourth-order valence-electron chi connectivity index (χ4n) is 2.68. The summed E-state index contributed by atoms with van der Waals surface area (Å²) in [6.45, 7) is 1.92. The number of amides is 1. The number of nitrogens with zero attached hydrogens (tertiary/aromatic N) is 1. The van der Waals surface area contributed by atoms with Crippen LogP contribution in [0.2, 0.25) is 5.02 Å². The van der Waals surface area contributed by atoms with Crippen LogP contribution in [-0.2, 0) is 0 Å². The molecular weight excluding hydrogens is 380 g/mol. The number of hydrogen-bond donors (Lipinski definition) is 1. The summed E-state index contributed by atoms with van der Waals surface area (Å²) >= 11 is 7.57. The van der Waals surface area contributed by atoms with Gasteiger partial charge < -0.3 is 4.74 Å². The third kappa shape index (κ3) is 3.65. The number of rotatable bonds is 4. The van der Waals surface area contributed by atoms with Gasteiger partial charge >= 0.3 is 0 Å². The van der Waals surface area contributed by atoms with E-state index in [1.165, 1.54) is 11.3 Å². The minimum absolute atomic E-state index is 0.274. The summed E-state index contributed by atoms with van der Waals surface area (Å²) in [5, 5.41) is 4.05. The van der Waals surface area contributed by atoms with Gasteiger partial charge in [-0.1, -0.05) is 53.3 Å².